The van der Waals surface area contributed by atoms with E-state index < -0.39 is 15.4 Å². The smallest absolute Gasteiger partial charge is 0.748 e. The van der Waals surface area contributed by atoms with Crippen molar-refractivity contribution in [1.82, 2.24) is 0 Å². The Bertz CT molecular complexity index is 429. The number of unbranched alkanes of at least 4 members (excludes halogenated alkanes) is 12. The minimum absolute atomic E-state index is 0. The first kappa shape index (κ1) is 32.7. The molecule has 6 heteroatoms. The average Bonchev–Trinajstić information content (AvgIpc) is 2.64. The van der Waals surface area contributed by atoms with Crippen LogP contribution in [0.25, 0.3) is 0 Å². The number of rotatable bonds is 21. The first-order chi connectivity index (χ1) is 13.4. The van der Waals surface area contributed by atoms with E-state index in [1.54, 1.807) is 0 Å². The summed E-state index contributed by atoms with van der Waals surface area (Å²) in [5.74, 6) is 0. The van der Waals surface area contributed by atoms with Gasteiger partial charge in [-0.25, -0.2) is 8.42 Å². The van der Waals surface area contributed by atoms with E-state index in [0.717, 1.165) is 70.6 Å². The number of hydrogen-bond donors (Lipinski definition) is 1. The van der Waals surface area contributed by atoms with Gasteiger partial charge in [0, 0.05) is 5.25 Å². The molecule has 0 aromatic carbocycles. The molecule has 0 aromatic heterocycles. The van der Waals surface area contributed by atoms with Crippen LogP contribution in [-0.4, -0.2) is 29.4 Å². The van der Waals surface area contributed by atoms with Gasteiger partial charge in [0.15, 0.2) is 0 Å². The Labute approximate surface area is 224 Å². The third-order valence-corrected chi connectivity index (χ3v) is 7.03. The topological polar surface area (TPSA) is 77.4 Å². The predicted molar refractivity (Wildman–Crippen MR) is 119 cm³/mol. The van der Waals surface area contributed by atoms with Gasteiger partial charge < -0.3 is 9.66 Å². The summed E-state index contributed by atoms with van der Waals surface area (Å²) in [5, 5.41) is 9.21. The Kier molecular flexibility index (Phi) is 25.6. The van der Waals surface area contributed by atoms with Gasteiger partial charge in [0.05, 0.1) is 16.2 Å². The molecule has 29 heavy (non-hydrogen) atoms. The van der Waals surface area contributed by atoms with Crippen LogP contribution in [0.4, 0.5) is 0 Å². The molecule has 0 aliphatic heterocycles. The van der Waals surface area contributed by atoms with Gasteiger partial charge in [-0.3, -0.25) is 0 Å². The van der Waals surface area contributed by atoms with Crippen LogP contribution in [0.5, 0.6) is 0 Å². The van der Waals surface area contributed by atoms with Crippen LogP contribution in [0.15, 0.2) is 0 Å². The third kappa shape index (κ3) is 22.5. The van der Waals surface area contributed by atoms with Crippen molar-refractivity contribution in [3.63, 3.8) is 0 Å². The SMILES string of the molecule is CCCCCCCCCC(CCCCCCCC(O)CCCCC)S(=O)(=O)[O-].[K+]. The third-order valence-electron chi connectivity index (χ3n) is 5.74. The second-order valence-electron chi connectivity index (χ2n) is 8.52. The molecule has 0 aliphatic carbocycles. The van der Waals surface area contributed by atoms with Crippen LogP contribution >= 0.6 is 0 Å². The van der Waals surface area contributed by atoms with E-state index in [-0.39, 0.29) is 57.5 Å². The van der Waals surface area contributed by atoms with E-state index in [0.29, 0.717) is 12.8 Å². The number of hydrogen-bond acceptors (Lipinski definition) is 4. The van der Waals surface area contributed by atoms with Crippen molar-refractivity contribution in [3.05, 3.63) is 0 Å². The predicted octanol–water partition coefficient (Wildman–Crippen LogP) is 3.72. The molecular weight excluding hydrogens is 411 g/mol. The molecule has 2 unspecified atom stereocenters. The van der Waals surface area contributed by atoms with Crippen molar-refractivity contribution in [2.75, 3.05) is 0 Å². The molecule has 0 aliphatic rings. The number of aliphatic hydroxyl groups excluding tert-OH is 1. The zero-order chi connectivity index (χ0) is 21.1. The summed E-state index contributed by atoms with van der Waals surface area (Å²) >= 11 is 0. The van der Waals surface area contributed by atoms with E-state index in [4.69, 9.17) is 0 Å². The Morgan fingerprint density at radius 2 is 0.931 bits per heavy atom. The Hall–Kier alpha value is 1.51. The fraction of sp³-hybridized carbons (Fsp3) is 1.00. The van der Waals surface area contributed by atoms with E-state index in [1.165, 1.54) is 38.5 Å². The zero-order valence-corrected chi connectivity index (χ0v) is 23.6. The first-order valence-electron chi connectivity index (χ1n) is 12.0. The standard InChI is InChI=1S/C23H48O4S.K/c1-3-5-7-8-9-12-16-20-23(28(25,26)27)21-17-13-10-11-15-19-22(24)18-14-6-4-2;/h22-24H,3-21H2,1-2H3,(H,25,26,27);/q;+1/p-1. The summed E-state index contributed by atoms with van der Waals surface area (Å²) in [5.41, 5.74) is 0. The Morgan fingerprint density at radius 3 is 1.34 bits per heavy atom. The molecule has 0 radical (unpaired) electrons. The molecule has 0 spiro atoms. The van der Waals surface area contributed by atoms with E-state index in [2.05, 4.69) is 13.8 Å². The van der Waals surface area contributed by atoms with Crippen molar-refractivity contribution < 1.29 is 69.5 Å². The van der Waals surface area contributed by atoms with E-state index in [1.807, 2.05) is 0 Å². The van der Waals surface area contributed by atoms with Crippen LogP contribution in [-0.2, 0) is 10.1 Å². The van der Waals surface area contributed by atoms with Crippen molar-refractivity contribution in [2.24, 2.45) is 0 Å². The van der Waals surface area contributed by atoms with Crippen molar-refractivity contribution in [1.29, 1.82) is 0 Å². The molecule has 0 saturated heterocycles. The Morgan fingerprint density at radius 1 is 0.621 bits per heavy atom. The zero-order valence-electron chi connectivity index (χ0n) is 19.7. The van der Waals surface area contributed by atoms with Gasteiger partial charge in [-0.2, -0.15) is 0 Å². The van der Waals surface area contributed by atoms with Crippen LogP contribution < -0.4 is 51.4 Å². The van der Waals surface area contributed by atoms with Crippen molar-refractivity contribution in [2.45, 2.75) is 147 Å². The maximum Gasteiger partial charge on any atom is 1.00 e. The van der Waals surface area contributed by atoms with Crippen LogP contribution in [0, 0.1) is 0 Å². The van der Waals surface area contributed by atoms with Gasteiger partial charge in [-0.15, -0.1) is 0 Å². The largest absolute Gasteiger partial charge is 1.00 e. The number of aliphatic hydroxyl groups is 1. The maximum absolute atomic E-state index is 11.5. The summed E-state index contributed by atoms with van der Waals surface area (Å²) in [7, 11) is -4.17. The van der Waals surface area contributed by atoms with Crippen LogP contribution in [0.2, 0.25) is 0 Å². The van der Waals surface area contributed by atoms with Gasteiger partial charge in [-0.05, 0) is 25.7 Å². The maximum atomic E-state index is 11.5. The van der Waals surface area contributed by atoms with E-state index >= 15 is 0 Å². The summed E-state index contributed by atoms with van der Waals surface area (Å²) in [6, 6.07) is 0. The van der Waals surface area contributed by atoms with Crippen molar-refractivity contribution >= 4 is 10.1 Å². The molecule has 170 valence electrons. The Balaban J connectivity index is 0. The minimum Gasteiger partial charge on any atom is -0.748 e. The molecule has 0 aromatic rings. The summed E-state index contributed by atoms with van der Waals surface area (Å²) < 4.78 is 34.5. The molecule has 0 heterocycles. The molecule has 1 N–H and O–H groups in total. The molecule has 0 rings (SSSR count). The molecule has 0 saturated carbocycles. The summed E-state index contributed by atoms with van der Waals surface area (Å²) in [6.07, 6.45) is 19.2. The van der Waals surface area contributed by atoms with Gasteiger partial charge in [0.1, 0.15) is 0 Å². The molecule has 0 fully saturated rings. The normalized spacial score (nSPS) is 13.8. The molecule has 2 atom stereocenters. The quantitative estimate of drug-likeness (QED) is 0.162. The van der Waals surface area contributed by atoms with Gasteiger partial charge in [0.25, 0.3) is 0 Å². The fourth-order valence-corrected chi connectivity index (χ4v) is 4.73. The summed E-state index contributed by atoms with van der Waals surface area (Å²) in [4.78, 5) is 0. The van der Waals surface area contributed by atoms with Gasteiger partial charge in [-0.1, -0.05) is 110 Å². The minimum atomic E-state index is -4.17. The molecule has 0 bridgehead atoms. The van der Waals surface area contributed by atoms with Crippen molar-refractivity contribution in [3.8, 4) is 0 Å². The monoisotopic (exact) mass is 458 g/mol. The second kappa shape index (κ2) is 22.7. The first-order valence-corrected chi connectivity index (χ1v) is 13.5. The average molecular weight is 459 g/mol. The summed E-state index contributed by atoms with van der Waals surface area (Å²) in [6.45, 7) is 4.37. The second-order valence-corrected chi connectivity index (χ2v) is 10.2. The molecular formula is C23H47KO4S. The van der Waals surface area contributed by atoms with Gasteiger partial charge in [0.2, 0.25) is 0 Å². The fourth-order valence-electron chi connectivity index (χ4n) is 3.82. The van der Waals surface area contributed by atoms with Crippen LogP contribution in [0.3, 0.4) is 0 Å². The molecule has 4 nitrogen and oxygen atoms in total. The van der Waals surface area contributed by atoms with Gasteiger partial charge >= 0.3 is 51.4 Å². The molecule has 0 amide bonds. The van der Waals surface area contributed by atoms with E-state index in [9.17, 15) is 18.1 Å². The van der Waals surface area contributed by atoms with Crippen LogP contribution in [0.1, 0.15) is 136 Å².